The van der Waals surface area contributed by atoms with Crippen molar-refractivity contribution in [2.45, 2.75) is 19.4 Å². The second kappa shape index (κ2) is 4.87. The molecule has 6 nitrogen and oxygen atoms in total. The second-order valence-electron chi connectivity index (χ2n) is 3.88. The number of aliphatic carboxylic acids is 1. The van der Waals surface area contributed by atoms with E-state index in [1.807, 2.05) is 0 Å². The summed E-state index contributed by atoms with van der Waals surface area (Å²) in [6, 6.07) is 2.46. The van der Waals surface area contributed by atoms with Crippen molar-refractivity contribution in [2.24, 2.45) is 0 Å². The number of hydrogen-bond donors (Lipinski definition) is 2. The van der Waals surface area contributed by atoms with Crippen LogP contribution < -0.4 is 5.32 Å². The smallest absolute Gasteiger partial charge is 0.326 e. The van der Waals surface area contributed by atoms with E-state index in [9.17, 15) is 9.59 Å². The molecule has 0 aliphatic heterocycles. The Morgan fingerprint density at radius 1 is 1.50 bits per heavy atom. The molecule has 2 aromatic heterocycles. The van der Waals surface area contributed by atoms with E-state index in [0.717, 1.165) is 5.65 Å². The number of pyridine rings is 1. The van der Waals surface area contributed by atoms with Gasteiger partial charge in [-0.3, -0.25) is 4.79 Å². The molecule has 0 saturated heterocycles. The van der Waals surface area contributed by atoms with Gasteiger partial charge in [0.1, 0.15) is 11.7 Å². The SMILES string of the molecule is CCC(NC(=O)c1ccc2nccn2c1)C(=O)O. The molecule has 0 bridgehead atoms. The maximum atomic E-state index is 11.9. The van der Waals surface area contributed by atoms with Gasteiger partial charge >= 0.3 is 5.97 Å². The highest BCUT2D eigenvalue weighted by Crippen LogP contribution is 2.05. The van der Waals surface area contributed by atoms with E-state index in [0.29, 0.717) is 12.0 Å². The van der Waals surface area contributed by atoms with Gasteiger partial charge in [-0.2, -0.15) is 0 Å². The number of imidazole rings is 1. The molecule has 1 amide bonds. The Kier molecular flexibility index (Phi) is 3.27. The van der Waals surface area contributed by atoms with E-state index in [4.69, 9.17) is 5.11 Å². The minimum atomic E-state index is -1.03. The molecule has 94 valence electrons. The number of hydrogen-bond acceptors (Lipinski definition) is 3. The fraction of sp³-hybridized carbons (Fsp3) is 0.250. The van der Waals surface area contributed by atoms with Crippen molar-refractivity contribution >= 4 is 17.5 Å². The number of carboxylic acids is 1. The summed E-state index contributed by atoms with van der Waals surface area (Å²) in [5.41, 5.74) is 1.14. The largest absolute Gasteiger partial charge is 0.480 e. The lowest BCUT2D eigenvalue weighted by Crippen LogP contribution is -2.40. The van der Waals surface area contributed by atoms with Gasteiger partial charge in [-0.05, 0) is 18.6 Å². The Balaban J connectivity index is 2.19. The van der Waals surface area contributed by atoms with Crippen molar-refractivity contribution in [1.29, 1.82) is 0 Å². The second-order valence-corrected chi connectivity index (χ2v) is 3.88. The molecule has 0 aliphatic carbocycles. The maximum Gasteiger partial charge on any atom is 0.326 e. The van der Waals surface area contributed by atoms with Crippen LogP contribution in [0.15, 0.2) is 30.7 Å². The lowest BCUT2D eigenvalue weighted by molar-refractivity contribution is -0.139. The quantitative estimate of drug-likeness (QED) is 0.841. The van der Waals surface area contributed by atoms with Crippen LogP contribution in [0.4, 0.5) is 0 Å². The number of aromatic nitrogens is 2. The van der Waals surface area contributed by atoms with Crippen LogP contribution in [-0.4, -0.2) is 32.4 Å². The standard InChI is InChI=1S/C12H13N3O3/c1-2-9(12(17)18)14-11(16)8-3-4-10-13-5-6-15(10)7-8/h3-7,9H,2H2,1H3,(H,14,16)(H,17,18). The minimum absolute atomic E-state index is 0.342. The number of amides is 1. The van der Waals surface area contributed by atoms with Gasteiger partial charge in [0.25, 0.3) is 5.91 Å². The lowest BCUT2D eigenvalue weighted by Gasteiger charge is -2.12. The summed E-state index contributed by atoms with van der Waals surface area (Å²) < 4.78 is 1.70. The molecule has 2 aromatic rings. The van der Waals surface area contributed by atoms with Crippen LogP contribution in [0, 0.1) is 0 Å². The molecule has 2 N–H and O–H groups in total. The van der Waals surface area contributed by atoms with E-state index < -0.39 is 17.9 Å². The molecule has 0 saturated carbocycles. The van der Waals surface area contributed by atoms with Crippen LogP contribution in [0.25, 0.3) is 5.65 Å². The van der Waals surface area contributed by atoms with Crippen LogP contribution >= 0.6 is 0 Å². The number of carbonyl (C=O) groups is 2. The topological polar surface area (TPSA) is 83.7 Å². The molecular weight excluding hydrogens is 234 g/mol. The Morgan fingerprint density at radius 2 is 2.28 bits per heavy atom. The van der Waals surface area contributed by atoms with E-state index in [-0.39, 0.29) is 0 Å². The highest BCUT2D eigenvalue weighted by Gasteiger charge is 2.18. The molecule has 0 radical (unpaired) electrons. The summed E-state index contributed by atoms with van der Waals surface area (Å²) in [6.07, 6.45) is 5.31. The first kappa shape index (κ1) is 12.1. The first-order valence-electron chi connectivity index (χ1n) is 5.58. The molecule has 2 heterocycles. The maximum absolute atomic E-state index is 11.9. The number of nitrogens with zero attached hydrogens (tertiary/aromatic N) is 2. The van der Waals surface area contributed by atoms with Crippen LogP contribution in [0.2, 0.25) is 0 Å². The zero-order valence-corrected chi connectivity index (χ0v) is 9.83. The van der Waals surface area contributed by atoms with Crippen LogP contribution in [0.5, 0.6) is 0 Å². The van der Waals surface area contributed by atoms with Crippen LogP contribution in [0.1, 0.15) is 23.7 Å². The summed E-state index contributed by atoms with van der Waals surface area (Å²) in [6.45, 7) is 1.71. The van der Waals surface area contributed by atoms with Crippen molar-refractivity contribution in [3.05, 3.63) is 36.3 Å². The van der Waals surface area contributed by atoms with Crippen molar-refractivity contribution in [2.75, 3.05) is 0 Å². The predicted molar refractivity (Wildman–Crippen MR) is 64.4 cm³/mol. The molecule has 2 rings (SSSR count). The van der Waals surface area contributed by atoms with Crippen LogP contribution in [-0.2, 0) is 4.79 Å². The highest BCUT2D eigenvalue weighted by molar-refractivity contribution is 5.96. The normalized spacial score (nSPS) is 12.3. The van der Waals surface area contributed by atoms with Gasteiger partial charge in [0, 0.05) is 18.6 Å². The first-order chi connectivity index (χ1) is 8.61. The van der Waals surface area contributed by atoms with Crippen molar-refractivity contribution in [3.63, 3.8) is 0 Å². The third-order valence-electron chi connectivity index (χ3n) is 2.66. The summed E-state index contributed by atoms with van der Waals surface area (Å²) in [5, 5.41) is 11.3. The lowest BCUT2D eigenvalue weighted by atomic mass is 10.2. The highest BCUT2D eigenvalue weighted by atomic mass is 16.4. The fourth-order valence-corrected chi connectivity index (χ4v) is 1.63. The first-order valence-corrected chi connectivity index (χ1v) is 5.58. The van der Waals surface area contributed by atoms with Gasteiger partial charge < -0.3 is 14.8 Å². The molecule has 0 fully saturated rings. The average molecular weight is 247 g/mol. The summed E-state index contributed by atoms with van der Waals surface area (Å²) in [4.78, 5) is 26.8. The molecule has 1 unspecified atom stereocenters. The van der Waals surface area contributed by atoms with Gasteiger partial charge in [-0.25, -0.2) is 9.78 Å². The molecular formula is C12H13N3O3. The molecule has 6 heteroatoms. The molecule has 0 aromatic carbocycles. The van der Waals surface area contributed by atoms with Gasteiger partial charge in [0.05, 0.1) is 5.56 Å². The number of fused-ring (bicyclic) bond motifs is 1. The zero-order chi connectivity index (χ0) is 13.1. The van der Waals surface area contributed by atoms with E-state index in [1.54, 1.807) is 42.0 Å². The Bertz CT molecular complexity index is 591. The number of rotatable bonds is 4. The predicted octanol–water partition coefficient (Wildman–Crippen LogP) is 0.927. The minimum Gasteiger partial charge on any atom is -0.480 e. The van der Waals surface area contributed by atoms with Gasteiger partial charge in [-0.15, -0.1) is 0 Å². The molecule has 0 aliphatic rings. The monoisotopic (exact) mass is 247 g/mol. The van der Waals surface area contributed by atoms with Crippen molar-refractivity contribution in [3.8, 4) is 0 Å². The summed E-state index contributed by atoms with van der Waals surface area (Å²) in [5.74, 6) is -1.44. The van der Waals surface area contributed by atoms with E-state index >= 15 is 0 Å². The van der Waals surface area contributed by atoms with Gasteiger partial charge in [0.2, 0.25) is 0 Å². The van der Waals surface area contributed by atoms with Crippen molar-refractivity contribution < 1.29 is 14.7 Å². The number of nitrogens with one attached hydrogen (secondary N) is 1. The third kappa shape index (κ3) is 2.32. The van der Waals surface area contributed by atoms with Gasteiger partial charge in [-0.1, -0.05) is 6.92 Å². The van der Waals surface area contributed by atoms with E-state index in [1.165, 1.54) is 0 Å². The molecule has 18 heavy (non-hydrogen) atoms. The number of carbonyl (C=O) groups excluding carboxylic acids is 1. The Hall–Kier alpha value is -2.37. The van der Waals surface area contributed by atoms with E-state index in [2.05, 4.69) is 10.3 Å². The average Bonchev–Trinajstić information content (AvgIpc) is 2.82. The fourth-order valence-electron chi connectivity index (χ4n) is 1.63. The summed E-state index contributed by atoms with van der Waals surface area (Å²) >= 11 is 0. The summed E-state index contributed by atoms with van der Waals surface area (Å²) in [7, 11) is 0. The zero-order valence-electron chi connectivity index (χ0n) is 9.83. The van der Waals surface area contributed by atoms with Gasteiger partial charge in [0.15, 0.2) is 0 Å². The van der Waals surface area contributed by atoms with Crippen LogP contribution in [0.3, 0.4) is 0 Å². The van der Waals surface area contributed by atoms with Crippen molar-refractivity contribution in [1.82, 2.24) is 14.7 Å². The Morgan fingerprint density at radius 3 is 2.94 bits per heavy atom. The molecule has 0 spiro atoms. The third-order valence-corrected chi connectivity index (χ3v) is 2.66. The Labute approximate surface area is 103 Å². The number of carboxylic acid groups (broad SMARTS) is 1. The molecule has 1 atom stereocenters.